The van der Waals surface area contributed by atoms with Crippen molar-refractivity contribution in [3.8, 4) is 28.5 Å². The number of nitriles is 1. The Morgan fingerprint density at radius 1 is 0.941 bits per heavy atom. The number of hydrogen-bond donors (Lipinski definition) is 1. The van der Waals surface area contributed by atoms with E-state index in [1.54, 1.807) is 35.2 Å². The summed E-state index contributed by atoms with van der Waals surface area (Å²) < 4.78 is 60.8. The molecule has 51 heavy (non-hydrogen) atoms. The zero-order valence-corrected chi connectivity index (χ0v) is 28.8. The third-order valence-electron chi connectivity index (χ3n) is 8.93. The van der Waals surface area contributed by atoms with E-state index in [1.807, 2.05) is 30.3 Å². The average Bonchev–Trinajstić information content (AvgIpc) is 3.52. The highest BCUT2D eigenvalue weighted by Crippen LogP contribution is 2.42. The van der Waals surface area contributed by atoms with E-state index in [0.717, 1.165) is 21.7 Å². The molecule has 2 heterocycles. The summed E-state index contributed by atoms with van der Waals surface area (Å²) in [5.41, 5.74) is 4.35. The number of benzene rings is 4. The minimum atomic E-state index is -4.01. The Morgan fingerprint density at radius 3 is 2.25 bits per heavy atom. The molecule has 1 fully saturated rings. The molecule has 9 nitrogen and oxygen atoms in total. The highest BCUT2D eigenvalue weighted by atomic mass is 32.2. The first-order valence-corrected chi connectivity index (χ1v) is 18.1. The number of carbonyl (C=O) groups excluding carboxylic acids is 2. The van der Waals surface area contributed by atoms with Crippen LogP contribution in [0, 0.1) is 17.1 Å². The minimum absolute atomic E-state index is 0.0906. The van der Waals surface area contributed by atoms with Crippen LogP contribution in [0.1, 0.15) is 39.1 Å². The number of likely N-dealkylation sites (tertiary alicyclic amines) is 1. The van der Waals surface area contributed by atoms with Crippen LogP contribution in [0.25, 0.3) is 39.0 Å². The summed E-state index contributed by atoms with van der Waals surface area (Å²) in [6.07, 6.45) is 2.04. The summed E-state index contributed by atoms with van der Waals surface area (Å²) in [5, 5.41) is 12.8. The van der Waals surface area contributed by atoms with Gasteiger partial charge in [-0.1, -0.05) is 42.5 Å². The molecular weight excluding hydrogens is 675 g/mol. The number of fused-ring (bicyclic) bond motifs is 1. The number of anilines is 1. The molecule has 1 aliphatic heterocycles. The number of nitrogens with one attached hydrogen (secondary N) is 1. The zero-order valence-electron chi connectivity index (χ0n) is 27.9. The van der Waals surface area contributed by atoms with Crippen molar-refractivity contribution in [3.05, 3.63) is 119 Å². The highest BCUT2D eigenvalue weighted by Gasteiger charge is 2.28. The van der Waals surface area contributed by atoms with Crippen molar-refractivity contribution in [2.75, 3.05) is 43.9 Å². The fraction of sp³-hybridized carbons (Fsp3) is 0.205. The van der Waals surface area contributed by atoms with Gasteiger partial charge in [0.05, 0.1) is 35.7 Å². The van der Waals surface area contributed by atoms with Gasteiger partial charge in [0.2, 0.25) is 10.0 Å². The lowest BCUT2D eigenvalue weighted by atomic mass is 9.93. The van der Waals surface area contributed by atoms with Crippen molar-refractivity contribution >= 4 is 44.1 Å². The number of hydrogen-bond acceptors (Lipinski definition) is 6. The minimum Gasteiger partial charge on any atom is -0.455 e. The summed E-state index contributed by atoms with van der Waals surface area (Å²) in [6, 6.07) is 26.9. The molecule has 6 rings (SSSR count). The van der Waals surface area contributed by atoms with Gasteiger partial charge < -0.3 is 14.6 Å². The Bertz CT molecular complexity index is 2300. The lowest BCUT2D eigenvalue weighted by Crippen LogP contribution is -2.36. The molecule has 12 heteroatoms. The van der Waals surface area contributed by atoms with Gasteiger partial charge in [-0.2, -0.15) is 5.26 Å². The summed E-state index contributed by atoms with van der Waals surface area (Å²) in [5.74, 6) is -1.08. The molecule has 2 amide bonds. The molecule has 0 spiro atoms. The predicted molar refractivity (Wildman–Crippen MR) is 193 cm³/mol. The SMILES string of the molecule is CNC(=O)c1c(-c2ccc(F)cc2)oc2cc(N(CCF)S(C)(=O)=O)c(-c3cccc(C(=O)N4CCC(=C(C#N)c5ccccc5)CC4)c3)cc12. The van der Waals surface area contributed by atoms with Crippen LogP contribution in [0.5, 0.6) is 0 Å². The molecule has 0 atom stereocenters. The molecule has 1 aliphatic rings. The maximum Gasteiger partial charge on any atom is 0.255 e. The Kier molecular flexibility index (Phi) is 10.0. The second kappa shape index (κ2) is 14.6. The Hall–Kier alpha value is -5.80. The molecule has 4 aromatic carbocycles. The van der Waals surface area contributed by atoms with E-state index >= 15 is 0 Å². The smallest absolute Gasteiger partial charge is 0.255 e. The lowest BCUT2D eigenvalue weighted by molar-refractivity contribution is 0.0743. The molecule has 0 saturated carbocycles. The van der Waals surface area contributed by atoms with Crippen molar-refractivity contribution in [1.82, 2.24) is 10.2 Å². The summed E-state index contributed by atoms with van der Waals surface area (Å²) in [4.78, 5) is 28.9. The van der Waals surface area contributed by atoms with Crippen LogP contribution in [0.3, 0.4) is 0 Å². The number of furan rings is 1. The number of piperidine rings is 1. The van der Waals surface area contributed by atoms with Crippen LogP contribution in [-0.4, -0.2) is 64.7 Å². The topological polar surface area (TPSA) is 124 Å². The first kappa shape index (κ1) is 35.0. The second-order valence-corrected chi connectivity index (χ2v) is 14.0. The number of rotatable bonds is 9. The van der Waals surface area contributed by atoms with Gasteiger partial charge >= 0.3 is 0 Å². The third kappa shape index (κ3) is 7.11. The molecular formula is C39H34F2N4O5S. The number of halogens is 2. The predicted octanol–water partition coefficient (Wildman–Crippen LogP) is 7.21. The van der Waals surface area contributed by atoms with Gasteiger partial charge in [0.1, 0.15) is 23.8 Å². The van der Waals surface area contributed by atoms with Gasteiger partial charge in [0.15, 0.2) is 0 Å². The fourth-order valence-corrected chi connectivity index (χ4v) is 7.36. The van der Waals surface area contributed by atoms with Gasteiger partial charge in [-0.3, -0.25) is 13.9 Å². The number of sulfonamides is 1. The standard InChI is InChI=1S/C39H34F2N4O5S/c1-43-38(46)36-32-22-31(34(45(20-17-40)51(2,48)49)23-35(32)50-37(36)27-11-13-30(41)14-12-27)28-9-6-10-29(21-28)39(47)44-18-15-26(16-19-44)33(24-42)25-7-4-3-5-8-25/h3-14,21-23H,15-20H2,1-2H3,(H,43,46). The third-order valence-corrected chi connectivity index (χ3v) is 10.1. The van der Waals surface area contributed by atoms with Crippen molar-refractivity contribution in [1.29, 1.82) is 5.26 Å². The van der Waals surface area contributed by atoms with E-state index in [-0.39, 0.29) is 28.5 Å². The van der Waals surface area contributed by atoms with Gasteiger partial charge in [-0.05, 0) is 72.0 Å². The van der Waals surface area contributed by atoms with Crippen molar-refractivity contribution in [2.45, 2.75) is 12.8 Å². The van der Waals surface area contributed by atoms with Crippen molar-refractivity contribution < 1.29 is 31.2 Å². The monoisotopic (exact) mass is 708 g/mol. The fourth-order valence-electron chi connectivity index (χ4n) is 6.45. The van der Waals surface area contributed by atoms with Gasteiger partial charge in [0.25, 0.3) is 11.8 Å². The van der Waals surface area contributed by atoms with E-state index in [4.69, 9.17) is 4.42 Å². The van der Waals surface area contributed by atoms with Gasteiger partial charge in [-0.15, -0.1) is 0 Å². The van der Waals surface area contributed by atoms with Crippen molar-refractivity contribution in [3.63, 3.8) is 0 Å². The Labute approximate surface area is 294 Å². The summed E-state index contributed by atoms with van der Waals surface area (Å²) >= 11 is 0. The molecule has 5 aromatic rings. The highest BCUT2D eigenvalue weighted by molar-refractivity contribution is 7.92. The van der Waals surface area contributed by atoms with Crippen LogP contribution in [0.15, 0.2) is 101 Å². The number of carbonyl (C=O) groups is 2. The maximum atomic E-state index is 13.9. The van der Waals surface area contributed by atoms with E-state index in [2.05, 4.69) is 11.4 Å². The number of amides is 2. The zero-order chi connectivity index (χ0) is 36.3. The molecule has 0 bridgehead atoms. The first-order chi connectivity index (χ1) is 24.5. The van der Waals surface area contributed by atoms with Gasteiger partial charge in [0, 0.05) is 48.3 Å². The molecule has 1 saturated heterocycles. The normalized spacial score (nSPS) is 13.2. The molecule has 260 valence electrons. The van der Waals surface area contributed by atoms with E-state index in [9.17, 15) is 32.0 Å². The number of alkyl halides is 1. The molecule has 1 aromatic heterocycles. The number of nitrogens with zero attached hydrogens (tertiary/aromatic N) is 3. The molecule has 0 unspecified atom stereocenters. The average molecular weight is 709 g/mol. The van der Waals surface area contributed by atoms with Crippen LogP contribution >= 0.6 is 0 Å². The summed E-state index contributed by atoms with van der Waals surface area (Å²) in [7, 11) is -2.56. The van der Waals surface area contributed by atoms with Crippen molar-refractivity contribution in [2.24, 2.45) is 0 Å². The van der Waals surface area contributed by atoms with Crippen LogP contribution < -0.4 is 9.62 Å². The largest absolute Gasteiger partial charge is 0.455 e. The quantitative estimate of drug-likeness (QED) is 0.162. The van der Waals surface area contributed by atoms with E-state index < -0.39 is 35.0 Å². The molecule has 0 aliphatic carbocycles. The van der Waals surface area contributed by atoms with Crippen LogP contribution in [-0.2, 0) is 10.0 Å². The second-order valence-electron chi connectivity index (χ2n) is 12.1. The Balaban J connectivity index is 1.43. The lowest BCUT2D eigenvalue weighted by Gasteiger charge is -2.29. The van der Waals surface area contributed by atoms with Gasteiger partial charge in [-0.25, -0.2) is 17.2 Å². The Morgan fingerprint density at radius 2 is 1.63 bits per heavy atom. The van der Waals surface area contributed by atoms with Crippen LogP contribution in [0.4, 0.5) is 14.5 Å². The summed E-state index contributed by atoms with van der Waals surface area (Å²) in [6.45, 7) is -0.652. The van der Waals surface area contributed by atoms with E-state index in [0.29, 0.717) is 59.1 Å². The molecule has 1 N–H and O–H groups in total. The maximum absolute atomic E-state index is 13.9. The first-order valence-electron chi connectivity index (χ1n) is 16.2. The number of allylic oxidation sites excluding steroid dienone is 1. The molecule has 0 radical (unpaired) electrons. The van der Waals surface area contributed by atoms with E-state index in [1.165, 1.54) is 37.4 Å². The van der Waals surface area contributed by atoms with Crippen LogP contribution in [0.2, 0.25) is 0 Å².